The van der Waals surface area contributed by atoms with Crippen molar-refractivity contribution in [3.8, 4) is 11.1 Å². The SMILES string of the molecule is CC(NC(=O)C1CNCCO1)c1ccc(-c2ccccc2)cc1.Cl. The molecule has 0 radical (unpaired) electrons. The van der Waals surface area contributed by atoms with Crippen molar-refractivity contribution in [2.24, 2.45) is 0 Å². The van der Waals surface area contributed by atoms with Crippen molar-refractivity contribution < 1.29 is 9.53 Å². The highest BCUT2D eigenvalue weighted by Gasteiger charge is 2.23. The number of nitrogens with one attached hydrogen (secondary N) is 2. The van der Waals surface area contributed by atoms with E-state index in [4.69, 9.17) is 4.74 Å². The maximum absolute atomic E-state index is 12.2. The van der Waals surface area contributed by atoms with Crippen LogP contribution >= 0.6 is 12.4 Å². The fourth-order valence-corrected chi connectivity index (χ4v) is 2.72. The number of amides is 1. The molecule has 1 heterocycles. The predicted molar refractivity (Wildman–Crippen MR) is 98.3 cm³/mol. The molecule has 4 nitrogen and oxygen atoms in total. The summed E-state index contributed by atoms with van der Waals surface area (Å²) in [6.45, 7) is 3.95. The molecule has 5 heteroatoms. The number of halogens is 1. The smallest absolute Gasteiger partial charge is 0.250 e. The molecule has 1 aliphatic rings. The zero-order valence-electron chi connectivity index (χ0n) is 13.7. The molecule has 0 bridgehead atoms. The van der Waals surface area contributed by atoms with Gasteiger partial charge in [-0.05, 0) is 23.6 Å². The number of carbonyl (C=O) groups excluding carboxylic acids is 1. The maximum atomic E-state index is 12.2. The molecular formula is C19H23ClN2O2. The van der Waals surface area contributed by atoms with Crippen LogP contribution in [-0.2, 0) is 9.53 Å². The van der Waals surface area contributed by atoms with Crippen LogP contribution < -0.4 is 10.6 Å². The number of carbonyl (C=O) groups is 1. The zero-order valence-corrected chi connectivity index (χ0v) is 14.5. The molecule has 0 saturated carbocycles. The molecule has 1 fully saturated rings. The van der Waals surface area contributed by atoms with Crippen molar-refractivity contribution in [2.75, 3.05) is 19.7 Å². The minimum atomic E-state index is -0.394. The van der Waals surface area contributed by atoms with Gasteiger partial charge in [-0.3, -0.25) is 4.79 Å². The lowest BCUT2D eigenvalue weighted by molar-refractivity contribution is -0.134. The van der Waals surface area contributed by atoms with Crippen LogP contribution in [0.3, 0.4) is 0 Å². The van der Waals surface area contributed by atoms with Crippen LogP contribution in [0.15, 0.2) is 54.6 Å². The molecule has 1 saturated heterocycles. The minimum Gasteiger partial charge on any atom is -0.366 e. The summed E-state index contributed by atoms with van der Waals surface area (Å²) in [5.41, 5.74) is 3.45. The first-order valence-corrected chi connectivity index (χ1v) is 8.02. The van der Waals surface area contributed by atoms with Crippen LogP contribution in [-0.4, -0.2) is 31.7 Å². The molecule has 128 valence electrons. The van der Waals surface area contributed by atoms with E-state index in [9.17, 15) is 4.79 Å². The Morgan fingerprint density at radius 3 is 2.42 bits per heavy atom. The van der Waals surface area contributed by atoms with Crippen molar-refractivity contribution in [3.63, 3.8) is 0 Å². The van der Waals surface area contributed by atoms with E-state index in [0.29, 0.717) is 13.2 Å². The summed E-state index contributed by atoms with van der Waals surface area (Å²) in [6, 6.07) is 18.5. The number of rotatable bonds is 4. The molecule has 2 aromatic rings. The summed E-state index contributed by atoms with van der Waals surface area (Å²) in [5.74, 6) is -0.0585. The Morgan fingerprint density at radius 2 is 1.79 bits per heavy atom. The lowest BCUT2D eigenvalue weighted by Gasteiger charge is -2.24. The summed E-state index contributed by atoms with van der Waals surface area (Å²) in [5, 5.41) is 6.19. The summed E-state index contributed by atoms with van der Waals surface area (Å²) in [7, 11) is 0. The van der Waals surface area contributed by atoms with Gasteiger partial charge in [0.05, 0.1) is 12.6 Å². The molecule has 1 amide bonds. The first kappa shape index (κ1) is 18.5. The maximum Gasteiger partial charge on any atom is 0.250 e. The molecule has 2 aromatic carbocycles. The van der Waals surface area contributed by atoms with E-state index >= 15 is 0 Å². The number of benzene rings is 2. The fourth-order valence-electron chi connectivity index (χ4n) is 2.72. The van der Waals surface area contributed by atoms with Crippen LogP contribution in [0.25, 0.3) is 11.1 Å². The molecule has 3 rings (SSSR count). The molecule has 2 unspecified atom stereocenters. The molecule has 0 aromatic heterocycles. The predicted octanol–water partition coefficient (Wildman–Crippen LogP) is 2.94. The quantitative estimate of drug-likeness (QED) is 0.895. The Morgan fingerprint density at radius 1 is 1.12 bits per heavy atom. The topological polar surface area (TPSA) is 50.4 Å². The van der Waals surface area contributed by atoms with Gasteiger partial charge in [0.2, 0.25) is 0 Å². The molecule has 2 N–H and O–H groups in total. The number of hydrogen-bond donors (Lipinski definition) is 2. The second kappa shape index (κ2) is 8.83. The van der Waals surface area contributed by atoms with Gasteiger partial charge in [-0.25, -0.2) is 0 Å². The van der Waals surface area contributed by atoms with Crippen LogP contribution in [0.1, 0.15) is 18.5 Å². The van der Waals surface area contributed by atoms with Crippen molar-refractivity contribution in [2.45, 2.75) is 19.1 Å². The Kier molecular flexibility index (Phi) is 6.79. The number of ether oxygens (including phenoxy) is 1. The van der Waals surface area contributed by atoms with Gasteiger partial charge in [-0.2, -0.15) is 0 Å². The van der Waals surface area contributed by atoms with E-state index < -0.39 is 6.10 Å². The van der Waals surface area contributed by atoms with E-state index in [1.165, 1.54) is 11.1 Å². The third kappa shape index (κ3) is 4.57. The molecule has 0 spiro atoms. The Labute approximate surface area is 149 Å². The third-order valence-electron chi connectivity index (χ3n) is 4.10. The van der Waals surface area contributed by atoms with Gasteiger partial charge in [-0.1, -0.05) is 54.6 Å². The van der Waals surface area contributed by atoms with Crippen LogP contribution in [0.5, 0.6) is 0 Å². The summed E-state index contributed by atoms with van der Waals surface area (Å²) >= 11 is 0. The van der Waals surface area contributed by atoms with Crippen LogP contribution in [0.4, 0.5) is 0 Å². The Hall–Kier alpha value is -1.88. The van der Waals surface area contributed by atoms with Gasteiger partial charge in [0, 0.05) is 13.1 Å². The van der Waals surface area contributed by atoms with E-state index in [1.807, 2.05) is 25.1 Å². The van der Waals surface area contributed by atoms with Crippen molar-refractivity contribution >= 4 is 18.3 Å². The average Bonchev–Trinajstić information content (AvgIpc) is 2.63. The first-order chi connectivity index (χ1) is 11.2. The van der Waals surface area contributed by atoms with E-state index in [1.54, 1.807) is 0 Å². The van der Waals surface area contributed by atoms with Gasteiger partial charge in [0.1, 0.15) is 6.10 Å². The summed E-state index contributed by atoms with van der Waals surface area (Å²) < 4.78 is 5.48. The van der Waals surface area contributed by atoms with Crippen LogP contribution in [0, 0.1) is 0 Å². The minimum absolute atomic E-state index is 0. The van der Waals surface area contributed by atoms with Gasteiger partial charge in [0.25, 0.3) is 5.91 Å². The molecular weight excluding hydrogens is 324 g/mol. The standard InChI is InChI=1S/C19H22N2O2.ClH/c1-14(21-19(22)18-13-20-11-12-23-18)15-7-9-17(10-8-15)16-5-3-2-4-6-16;/h2-10,14,18,20H,11-13H2,1H3,(H,21,22);1H. The fraction of sp³-hybridized carbons (Fsp3) is 0.316. The number of hydrogen-bond acceptors (Lipinski definition) is 3. The lowest BCUT2D eigenvalue weighted by atomic mass is 10.0. The zero-order chi connectivity index (χ0) is 16.1. The van der Waals surface area contributed by atoms with Crippen molar-refractivity contribution in [1.29, 1.82) is 0 Å². The van der Waals surface area contributed by atoms with Gasteiger partial charge in [-0.15, -0.1) is 12.4 Å². The van der Waals surface area contributed by atoms with E-state index in [-0.39, 0.29) is 24.4 Å². The van der Waals surface area contributed by atoms with Gasteiger partial charge >= 0.3 is 0 Å². The Bertz CT molecular complexity index is 640. The molecule has 2 atom stereocenters. The average molecular weight is 347 g/mol. The highest BCUT2D eigenvalue weighted by Crippen LogP contribution is 2.21. The van der Waals surface area contributed by atoms with Crippen molar-refractivity contribution in [3.05, 3.63) is 60.2 Å². The van der Waals surface area contributed by atoms with Crippen molar-refractivity contribution in [1.82, 2.24) is 10.6 Å². The highest BCUT2D eigenvalue weighted by molar-refractivity contribution is 5.85. The first-order valence-electron chi connectivity index (χ1n) is 8.02. The lowest BCUT2D eigenvalue weighted by Crippen LogP contribution is -2.48. The van der Waals surface area contributed by atoms with Gasteiger partial charge in [0.15, 0.2) is 0 Å². The van der Waals surface area contributed by atoms with Gasteiger partial charge < -0.3 is 15.4 Å². The van der Waals surface area contributed by atoms with E-state index in [0.717, 1.165) is 12.1 Å². The number of morpholine rings is 1. The normalized spacial score (nSPS) is 18.3. The summed E-state index contributed by atoms with van der Waals surface area (Å²) in [4.78, 5) is 12.2. The second-order valence-corrected chi connectivity index (χ2v) is 5.78. The molecule has 1 aliphatic heterocycles. The van der Waals surface area contributed by atoms with E-state index in [2.05, 4.69) is 47.0 Å². The van der Waals surface area contributed by atoms with Crippen LogP contribution in [0.2, 0.25) is 0 Å². The Balaban J connectivity index is 0.00000208. The second-order valence-electron chi connectivity index (χ2n) is 5.78. The largest absolute Gasteiger partial charge is 0.366 e. The molecule has 24 heavy (non-hydrogen) atoms. The summed E-state index contributed by atoms with van der Waals surface area (Å²) in [6.07, 6.45) is -0.394. The molecule has 0 aliphatic carbocycles. The monoisotopic (exact) mass is 346 g/mol. The highest BCUT2D eigenvalue weighted by atomic mass is 35.5. The third-order valence-corrected chi connectivity index (χ3v) is 4.10.